The Bertz CT molecular complexity index is 530. The largest absolute Gasteiger partial charge is 0.351 e. The van der Waals surface area contributed by atoms with Gasteiger partial charge in [-0.15, -0.1) is 0 Å². The van der Waals surface area contributed by atoms with Crippen molar-refractivity contribution in [1.82, 2.24) is 5.32 Å². The van der Waals surface area contributed by atoms with E-state index in [4.69, 9.17) is 0 Å². The Morgan fingerprint density at radius 3 is 2.65 bits per heavy atom. The Morgan fingerprint density at radius 1 is 1.47 bits per heavy atom. The first-order valence-electron chi connectivity index (χ1n) is 4.70. The number of hydrogen-bond acceptors (Lipinski definition) is 3. The van der Waals surface area contributed by atoms with E-state index in [0.29, 0.717) is 4.47 Å². The van der Waals surface area contributed by atoms with Gasteiger partial charge in [-0.2, -0.15) is 0 Å². The van der Waals surface area contributed by atoms with Crippen molar-refractivity contribution in [3.05, 3.63) is 34.1 Å². The normalized spacial score (nSPS) is 11.2. The third kappa shape index (κ3) is 4.82. The lowest BCUT2D eigenvalue weighted by Crippen LogP contribution is -2.29. The van der Waals surface area contributed by atoms with Gasteiger partial charge in [-0.1, -0.05) is 0 Å². The second kappa shape index (κ2) is 5.59. The lowest BCUT2D eigenvalue weighted by Gasteiger charge is -2.06. The van der Waals surface area contributed by atoms with E-state index in [1.165, 1.54) is 12.1 Å². The summed E-state index contributed by atoms with van der Waals surface area (Å²) in [4.78, 5) is 11.6. The molecule has 7 heteroatoms. The summed E-state index contributed by atoms with van der Waals surface area (Å²) in [7, 11) is -3.11. The molecule has 0 saturated heterocycles. The zero-order valence-corrected chi connectivity index (χ0v) is 11.4. The van der Waals surface area contributed by atoms with Crippen molar-refractivity contribution in [2.24, 2.45) is 0 Å². The molecule has 1 aromatic rings. The number of nitrogens with one attached hydrogen (secondary N) is 1. The van der Waals surface area contributed by atoms with E-state index in [9.17, 15) is 17.6 Å². The van der Waals surface area contributed by atoms with Crippen LogP contribution in [0.25, 0.3) is 0 Å². The van der Waals surface area contributed by atoms with E-state index in [-0.39, 0.29) is 17.9 Å². The monoisotopic (exact) mass is 323 g/mol. The molecule has 0 saturated carbocycles. The van der Waals surface area contributed by atoms with Crippen LogP contribution in [0.1, 0.15) is 10.4 Å². The van der Waals surface area contributed by atoms with Gasteiger partial charge in [-0.3, -0.25) is 4.79 Å². The maximum atomic E-state index is 12.8. The van der Waals surface area contributed by atoms with Crippen molar-refractivity contribution < 1.29 is 17.6 Å². The smallest absolute Gasteiger partial charge is 0.252 e. The van der Waals surface area contributed by atoms with Gasteiger partial charge in [-0.05, 0) is 34.1 Å². The van der Waals surface area contributed by atoms with Gasteiger partial charge < -0.3 is 5.32 Å². The van der Waals surface area contributed by atoms with E-state index >= 15 is 0 Å². The van der Waals surface area contributed by atoms with Gasteiger partial charge in [0.25, 0.3) is 5.91 Å². The fourth-order valence-electron chi connectivity index (χ4n) is 1.12. The molecular weight excluding hydrogens is 313 g/mol. The summed E-state index contributed by atoms with van der Waals surface area (Å²) < 4.78 is 34.8. The average Bonchev–Trinajstić information content (AvgIpc) is 2.15. The zero-order valence-electron chi connectivity index (χ0n) is 9.04. The number of benzene rings is 1. The summed E-state index contributed by atoms with van der Waals surface area (Å²) in [6, 6.07) is 3.66. The molecular formula is C10H11BrFNO3S. The molecule has 1 rings (SSSR count). The van der Waals surface area contributed by atoms with Crippen LogP contribution in [0, 0.1) is 5.82 Å². The molecule has 0 unspecified atom stereocenters. The van der Waals surface area contributed by atoms with E-state index in [0.717, 1.165) is 12.3 Å². The number of hydrogen-bond donors (Lipinski definition) is 1. The molecule has 0 heterocycles. The summed E-state index contributed by atoms with van der Waals surface area (Å²) >= 11 is 3.06. The fraction of sp³-hybridized carbons (Fsp3) is 0.300. The third-order valence-electron chi connectivity index (χ3n) is 1.93. The minimum absolute atomic E-state index is 0.0292. The molecule has 0 atom stereocenters. The first-order chi connectivity index (χ1) is 7.79. The minimum Gasteiger partial charge on any atom is -0.351 e. The molecule has 1 aromatic carbocycles. The second-order valence-corrected chi connectivity index (χ2v) is 6.62. The van der Waals surface area contributed by atoms with E-state index in [1.807, 2.05) is 0 Å². The van der Waals surface area contributed by atoms with Crippen LogP contribution in [0.3, 0.4) is 0 Å². The highest BCUT2D eigenvalue weighted by Crippen LogP contribution is 2.17. The molecule has 0 aromatic heterocycles. The van der Waals surface area contributed by atoms with Gasteiger partial charge in [0, 0.05) is 17.3 Å². The van der Waals surface area contributed by atoms with Gasteiger partial charge in [0.2, 0.25) is 0 Å². The highest BCUT2D eigenvalue weighted by atomic mass is 79.9. The van der Waals surface area contributed by atoms with Crippen molar-refractivity contribution in [2.45, 2.75) is 0 Å². The first kappa shape index (κ1) is 14.1. The van der Waals surface area contributed by atoms with Gasteiger partial charge in [0.05, 0.1) is 11.3 Å². The second-order valence-electron chi connectivity index (χ2n) is 3.51. The molecule has 0 aliphatic heterocycles. The topological polar surface area (TPSA) is 63.2 Å². The number of carbonyl (C=O) groups excluding carboxylic acids is 1. The molecule has 94 valence electrons. The minimum atomic E-state index is -3.11. The lowest BCUT2D eigenvalue weighted by atomic mass is 10.2. The van der Waals surface area contributed by atoms with Gasteiger partial charge in [-0.25, -0.2) is 12.8 Å². The lowest BCUT2D eigenvalue weighted by molar-refractivity contribution is 0.0955. The van der Waals surface area contributed by atoms with Crippen molar-refractivity contribution >= 4 is 31.7 Å². The molecule has 1 N–H and O–H groups in total. The quantitative estimate of drug-likeness (QED) is 0.910. The van der Waals surface area contributed by atoms with Gasteiger partial charge in [0.1, 0.15) is 15.7 Å². The van der Waals surface area contributed by atoms with E-state index in [2.05, 4.69) is 21.2 Å². The fourth-order valence-corrected chi connectivity index (χ4v) is 2.12. The first-order valence-corrected chi connectivity index (χ1v) is 7.56. The summed E-state index contributed by atoms with van der Waals surface area (Å²) in [5, 5.41) is 2.45. The van der Waals surface area contributed by atoms with Gasteiger partial charge in [0.15, 0.2) is 0 Å². The molecule has 0 aliphatic carbocycles. The molecule has 0 spiro atoms. The van der Waals surface area contributed by atoms with Crippen LogP contribution in [0.5, 0.6) is 0 Å². The Morgan fingerprint density at radius 2 is 2.12 bits per heavy atom. The van der Waals surface area contributed by atoms with Crippen molar-refractivity contribution in [3.63, 3.8) is 0 Å². The SMILES string of the molecule is CS(=O)(=O)CCNC(=O)c1ccc(F)cc1Br. The van der Waals surface area contributed by atoms with Crippen molar-refractivity contribution in [1.29, 1.82) is 0 Å². The standard InChI is InChI=1S/C10H11BrFNO3S/c1-17(15,16)5-4-13-10(14)8-3-2-7(12)6-9(8)11/h2-3,6H,4-5H2,1H3,(H,13,14). The maximum absolute atomic E-state index is 12.8. The summed E-state index contributed by atoms with van der Waals surface area (Å²) in [5.41, 5.74) is 0.264. The molecule has 0 bridgehead atoms. The number of amides is 1. The van der Waals surface area contributed by atoms with E-state index < -0.39 is 21.6 Å². The number of sulfone groups is 1. The van der Waals surface area contributed by atoms with Crippen LogP contribution in [0.15, 0.2) is 22.7 Å². The summed E-state index contributed by atoms with van der Waals surface area (Å²) in [6.07, 6.45) is 1.09. The van der Waals surface area contributed by atoms with Crippen molar-refractivity contribution in [3.8, 4) is 0 Å². The highest BCUT2D eigenvalue weighted by Gasteiger charge is 2.11. The Labute approximate surface area is 107 Å². The maximum Gasteiger partial charge on any atom is 0.252 e. The zero-order chi connectivity index (χ0) is 13.1. The Hall–Kier alpha value is -0.950. The molecule has 4 nitrogen and oxygen atoms in total. The molecule has 1 amide bonds. The number of rotatable bonds is 4. The van der Waals surface area contributed by atoms with Crippen LogP contribution < -0.4 is 5.32 Å². The highest BCUT2D eigenvalue weighted by molar-refractivity contribution is 9.10. The molecule has 0 aliphatic rings. The van der Waals surface area contributed by atoms with Crippen LogP contribution in [-0.2, 0) is 9.84 Å². The number of halogens is 2. The van der Waals surface area contributed by atoms with Crippen LogP contribution in [0.4, 0.5) is 4.39 Å². The molecule has 17 heavy (non-hydrogen) atoms. The van der Waals surface area contributed by atoms with Gasteiger partial charge >= 0.3 is 0 Å². The van der Waals surface area contributed by atoms with E-state index in [1.54, 1.807) is 0 Å². The predicted octanol–water partition coefficient (Wildman–Crippen LogP) is 1.36. The molecule has 0 fully saturated rings. The Balaban J connectivity index is 2.65. The molecule has 0 radical (unpaired) electrons. The predicted molar refractivity (Wildman–Crippen MR) is 66.1 cm³/mol. The average molecular weight is 324 g/mol. The Kier molecular flexibility index (Phi) is 4.64. The summed E-state index contributed by atoms with van der Waals surface area (Å²) in [5.74, 6) is -1.03. The van der Waals surface area contributed by atoms with Crippen molar-refractivity contribution in [2.75, 3.05) is 18.6 Å². The third-order valence-corrected chi connectivity index (χ3v) is 3.54. The number of carbonyl (C=O) groups is 1. The van der Waals surface area contributed by atoms with Crippen LogP contribution in [-0.4, -0.2) is 32.9 Å². The summed E-state index contributed by atoms with van der Waals surface area (Å²) in [6.45, 7) is 0.0292. The van der Waals surface area contributed by atoms with Crippen LogP contribution in [0.2, 0.25) is 0 Å². The van der Waals surface area contributed by atoms with Crippen LogP contribution >= 0.6 is 15.9 Å².